The van der Waals surface area contributed by atoms with Crippen molar-refractivity contribution in [2.45, 2.75) is 33.1 Å². The van der Waals surface area contributed by atoms with Gasteiger partial charge in [-0.05, 0) is 12.5 Å². The van der Waals surface area contributed by atoms with Crippen LogP contribution in [-0.2, 0) is 26.3 Å². The quantitative estimate of drug-likeness (QED) is 0.790. The summed E-state index contributed by atoms with van der Waals surface area (Å²) < 4.78 is 6.97. The molecule has 4 nitrogen and oxygen atoms in total. The molecule has 0 aliphatic carbocycles. The van der Waals surface area contributed by atoms with Crippen molar-refractivity contribution in [2.24, 2.45) is 7.05 Å². The number of aryl methyl sites for hydroxylation is 3. The number of nitrogens with zero attached hydrogens (tertiary/aromatic N) is 2. The molecule has 0 aromatic carbocycles. The summed E-state index contributed by atoms with van der Waals surface area (Å²) in [5.41, 5.74) is 2.22. The van der Waals surface area contributed by atoms with Crippen LogP contribution in [0, 0.1) is 0 Å². The summed E-state index contributed by atoms with van der Waals surface area (Å²) in [7, 11) is 1.81. The summed E-state index contributed by atoms with van der Waals surface area (Å²) in [5, 5.41) is 4.91. The Bertz CT molecular complexity index is 599. The van der Waals surface area contributed by atoms with Crippen LogP contribution in [0.25, 0.3) is 0 Å². The lowest BCUT2D eigenvalue weighted by atomic mass is 10.1. The fraction of sp³-hybridized carbons (Fsp3) is 0.429. The molecule has 0 atom stereocenters. The second kappa shape index (κ2) is 5.61. The lowest BCUT2D eigenvalue weighted by molar-refractivity contribution is 0.0989. The number of halogens is 1. The number of rotatable bonds is 5. The third kappa shape index (κ3) is 2.59. The van der Waals surface area contributed by atoms with Gasteiger partial charge in [-0.25, -0.2) is 0 Å². The fourth-order valence-electron chi connectivity index (χ4n) is 2.12. The standard InChI is InChI=1S/C14H17ClN2O2/c1-4-10-14(15)11(17(3)16-10)8-12(18)9-6-7-19-13(9)5-2/h6-7H,4-5,8H2,1-3H3. The first kappa shape index (κ1) is 13.9. The van der Waals surface area contributed by atoms with Gasteiger partial charge in [-0.3, -0.25) is 9.48 Å². The molecule has 2 heterocycles. The van der Waals surface area contributed by atoms with Crippen LogP contribution in [-0.4, -0.2) is 15.6 Å². The summed E-state index contributed by atoms with van der Waals surface area (Å²) >= 11 is 6.25. The normalized spacial score (nSPS) is 10.9. The molecule has 0 unspecified atom stereocenters. The smallest absolute Gasteiger partial charge is 0.172 e. The number of hydrogen-bond donors (Lipinski definition) is 0. The van der Waals surface area contributed by atoms with E-state index in [1.807, 2.05) is 20.9 Å². The molecule has 2 aromatic heterocycles. The van der Waals surface area contributed by atoms with Gasteiger partial charge in [0.25, 0.3) is 0 Å². The molecule has 19 heavy (non-hydrogen) atoms. The Balaban J connectivity index is 2.27. The number of carbonyl (C=O) groups excluding carboxylic acids is 1. The Morgan fingerprint density at radius 2 is 2.16 bits per heavy atom. The highest BCUT2D eigenvalue weighted by atomic mass is 35.5. The highest BCUT2D eigenvalue weighted by Crippen LogP contribution is 2.23. The number of furan rings is 1. The molecule has 5 heteroatoms. The second-order valence-corrected chi connectivity index (χ2v) is 4.77. The summed E-state index contributed by atoms with van der Waals surface area (Å²) in [4.78, 5) is 12.3. The van der Waals surface area contributed by atoms with E-state index >= 15 is 0 Å². The zero-order chi connectivity index (χ0) is 14.0. The van der Waals surface area contributed by atoms with Crippen molar-refractivity contribution >= 4 is 17.4 Å². The molecule has 0 aliphatic rings. The van der Waals surface area contributed by atoms with E-state index in [-0.39, 0.29) is 12.2 Å². The Hall–Kier alpha value is -1.55. The minimum Gasteiger partial charge on any atom is -0.469 e. The van der Waals surface area contributed by atoms with Crippen LogP contribution >= 0.6 is 11.6 Å². The Morgan fingerprint density at radius 3 is 2.74 bits per heavy atom. The molecule has 0 bridgehead atoms. The van der Waals surface area contributed by atoms with E-state index in [0.717, 1.165) is 23.6 Å². The first-order valence-corrected chi connectivity index (χ1v) is 6.76. The Kier molecular flexibility index (Phi) is 4.10. The average Bonchev–Trinajstić information content (AvgIpc) is 2.97. The molecule has 0 aliphatic heterocycles. The van der Waals surface area contributed by atoms with Gasteiger partial charge in [0.15, 0.2) is 5.78 Å². The van der Waals surface area contributed by atoms with Crippen molar-refractivity contribution in [1.82, 2.24) is 9.78 Å². The molecular weight excluding hydrogens is 264 g/mol. The number of carbonyl (C=O) groups is 1. The lowest BCUT2D eigenvalue weighted by Gasteiger charge is -2.02. The summed E-state index contributed by atoms with van der Waals surface area (Å²) in [5.74, 6) is 0.733. The monoisotopic (exact) mass is 280 g/mol. The van der Waals surface area contributed by atoms with Gasteiger partial charge in [-0.15, -0.1) is 0 Å². The molecule has 0 spiro atoms. The molecule has 2 aromatic rings. The van der Waals surface area contributed by atoms with E-state index in [1.54, 1.807) is 17.0 Å². The minimum atomic E-state index is 0.0122. The first-order chi connectivity index (χ1) is 9.08. The lowest BCUT2D eigenvalue weighted by Crippen LogP contribution is -2.09. The molecule has 102 valence electrons. The maximum atomic E-state index is 12.3. The van der Waals surface area contributed by atoms with Crippen molar-refractivity contribution in [2.75, 3.05) is 0 Å². The zero-order valence-electron chi connectivity index (χ0n) is 11.4. The van der Waals surface area contributed by atoms with Crippen LogP contribution in [0.2, 0.25) is 5.02 Å². The molecule has 0 saturated heterocycles. The van der Waals surface area contributed by atoms with Gasteiger partial charge in [-0.1, -0.05) is 25.4 Å². The maximum absolute atomic E-state index is 12.3. The van der Waals surface area contributed by atoms with E-state index in [9.17, 15) is 4.79 Å². The third-order valence-electron chi connectivity index (χ3n) is 3.20. The third-order valence-corrected chi connectivity index (χ3v) is 3.63. The number of ketones is 1. The van der Waals surface area contributed by atoms with Gasteiger partial charge in [0.1, 0.15) is 5.76 Å². The Labute approximate surface area is 117 Å². The SMILES string of the molecule is CCc1nn(C)c(CC(=O)c2ccoc2CC)c1Cl. The first-order valence-electron chi connectivity index (χ1n) is 6.38. The van der Waals surface area contributed by atoms with E-state index in [0.29, 0.717) is 17.0 Å². The van der Waals surface area contributed by atoms with Crippen molar-refractivity contribution in [3.05, 3.63) is 40.1 Å². The number of aromatic nitrogens is 2. The van der Waals surface area contributed by atoms with Gasteiger partial charge in [0, 0.05) is 13.5 Å². The van der Waals surface area contributed by atoms with E-state index in [1.165, 1.54) is 0 Å². The predicted octanol–water partition coefficient (Wildman–Crippen LogP) is 3.22. The zero-order valence-corrected chi connectivity index (χ0v) is 12.1. The van der Waals surface area contributed by atoms with Gasteiger partial charge in [0.2, 0.25) is 0 Å². The summed E-state index contributed by atoms with van der Waals surface area (Å²) in [6.07, 6.45) is 3.25. The van der Waals surface area contributed by atoms with Gasteiger partial charge in [0.05, 0.1) is 34.7 Å². The highest BCUT2D eigenvalue weighted by molar-refractivity contribution is 6.32. The Morgan fingerprint density at radius 1 is 1.42 bits per heavy atom. The van der Waals surface area contributed by atoms with E-state index < -0.39 is 0 Å². The van der Waals surface area contributed by atoms with Gasteiger partial charge in [-0.2, -0.15) is 5.10 Å². The summed E-state index contributed by atoms with van der Waals surface area (Å²) in [6, 6.07) is 1.71. The molecule has 0 fully saturated rings. The van der Waals surface area contributed by atoms with Crippen molar-refractivity contribution < 1.29 is 9.21 Å². The molecule has 0 saturated carbocycles. The topological polar surface area (TPSA) is 48.0 Å². The largest absolute Gasteiger partial charge is 0.469 e. The van der Waals surface area contributed by atoms with Crippen LogP contribution in [0.5, 0.6) is 0 Å². The van der Waals surface area contributed by atoms with Crippen molar-refractivity contribution in [3.63, 3.8) is 0 Å². The van der Waals surface area contributed by atoms with E-state index in [4.69, 9.17) is 16.0 Å². The second-order valence-electron chi connectivity index (χ2n) is 4.40. The average molecular weight is 281 g/mol. The van der Waals surface area contributed by atoms with Crippen LogP contribution in [0.3, 0.4) is 0 Å². The van der Waals surface area contributed by atoms with Crippen LogP contribution in [0.4, 0.5) is 0 Å². The van der Waals surface area contributed by atoms with Crippen LogP contribution in [0.15, 0.2) is 16.7 Å². The van der Waals surface area contributed by atoms with Crippen molar-refractivity contribution in [1.29, 1.82) is 0 Å². The summed E-state index contributed by atoms with van der Waals surface area (Å²) in [6.45, 7) is 3.95. The molecule has 0 N–H and O–H groups in total. The highest BCUT2D eigenvalue weighted by Gasteiger charge is 2.19. The van der Waals surface area contributed by atoms with Crippen molar-refractivity contribution in [3.8, 4) is 0 Å². The molecular formula is C14H17ClN2O2. The minimum absolute atomic E-state index is 0.0122. The molecule has 2 rings (SSSR count). The predicted molar refractivity (Wildman–Crippen MR) is 73.7 cm³/mol. The van der Waals surface area contributed by atoms with Crippen LogP contribution in [0.1, 0.15) is 41.4 Å². The van der Waals surface area contributed by atoms with Gasteiger partial charge < -0.3 is 4.42 Å². The number of hydrogen-bond acceptors (Lipinski definition) is 3. The number of Topliss-reactive ketones (excluding diaryl/α,β-unsaturated/α-hetero) is 1. The fourth-order valence-corrected chi connectivity index (χ4v) is 2.48. The maximum Gasteiger partial charge on any atom is 0.172 e. The van der Waals surface area contributed by atoms with Crippen LogP contribution < -0.4 is 0 Å². The molecule has 0 amide bonds. The van der Waals surface area contributed by atoms with Gasteiger partial charge >= 0.3 is 0 Å². The molecule has 0 radical (unpaired) electrons. The van der Waals surface area contributed by atoms with E-state index in [2.05, 4.69) is 5.10 Å².